The third-order valence-electron chi connectivity index (χ3n) is 5.00. The highest BCUT2D eigenvalue weighted by Crippen LogP contribution is 2.29. The van der Waals surface area contributed by atoms with Crippen molar-refractivity contribution < 1.29 is 12.8 Å². The predicted molar refractivity (Wildman–Crippen MR) is 116 cm³/mol. The number of anilines is 1. The number of nitrogens with zero attached hydrogens (tertiary/aromatic N) is 1. The lowest BCUT2D eigenvalue weighted by Crippen LogP contribution is -2.31. The summed E-state index contributed by atoms with van der Waals surface area (Å²) in [6, 6.07) is 20.2. The molecule has 0 unspecified atom stereocenters. The van der Waals surface area contributed by atoms with Crippen LogP contribution >= 0.6 is 0 Å². The van der Waals surface area contributed by atoms with Crippen LogP contribution in [-0.2, 0) is 22.0 Å². The minimum absolute atomic E-state index is 0.0694. The number of sulfonamides is 1. The van der Waals surface area contributed by atoms with E-state index in [2.05, 4.69) is 20.8 Å². The molecule has 0 saturated carbocycles. The Balaban J connectivity index is 2.06. The van der Waals surface area contributed by atoms with Gasteiger partial charge in [0.05, 0.1) is 17.1 Å². The molecule has 0 spiro atoms. The first-order valence-electron chi connectivity index (χ1n) is 9.52. The van der Waals surface area contributed by atoms with E-state index in [0.29, 0.717) is 5.69 Å². The summed E-state index contributed by atoms with van der Waals surface area (Å²) in [5, 5.41) is 0. The normalized spacial score (nSPS) is 12.0. The lowest BCUT2D eigenvalue weighted by molar-refractivity contribution is 0.584. The van der Waals surface area contributed by atoms with Crippen LogP contribution in [0, 0.1) is 12.7 Å². The smallest absolute Gasteiger partial charge is 0.262 e. The Hall–Kier alpha value is -2.66. The molecular formula is C24H26FNO2S. The van der Waals surface area contributed by atoms with Gasteiger partial charge in [-0.25, -0.2) is 12.8 Å². The van der Waals surface area contributed by atoms with Crippen LogP contribution in [-0.4, -0.2) is 8.42 Å². The molecule has 0 N–H and O–H groups in total. The molecular weight excluding hydrogens is 385 g/mol. The van der Waals surface area contributed by atoms with E-state index in [0.717, 1.165) is 16.7 Å². The molecule has 0 fully saturated rings. The maximum atomic E-state index is 13.5. The van der Waals surface area contributed by atoms with E-state index < -0.39 is 15.8 Å². The Kier molecular flexibility index (Phi) is 5.80. The van der Waals surface area contributed by atoms with Gasteiger partial charge in [-0.15, -0.1) is 0 Å². The first kappa shape index (κ1) is 21.1. The Morgan fingerprint density at radius 2 is 1.45 bits per heavy atom. The summed E-state index contributed by atoms with van der Waals surface area (Å²) in [6.07, 6.45) is 0. The van der Waals surface area contributed by atoms with Crippen molar-refractivity contribution in [2.75, 3.05) is 4.31 Å². The molecule has 152 valence electrons. The molecule has 0 radical (unpaired) electrons. The van der Waals surface area contributed by atoms with Gasteiger partial charge >= 0.3 is 0 Å². The number of hydrogen-bond donors (Lipinski definition) is 0. The number of hydrogen-bond acceptors (Lipinski definition) is 2. The average Bonchev–Trinajstić information content (AvgIpc) is 2.67. The highest BCUT2D eigenvalue weighted by atomic mass is 32.2. The number of halogens is 1. The van der Waals surface area contributed by atoms with Crippen molar-refractivity contribution in [1.29, 1.82) is 0 Å². The summed E-state index contributed by atoms with van der Waals surface area (Å²) in [5.41, 5.74) is 3.31. The van der Waals surface area contributed by atoms with Crippen molar-refractivity contribution in [3.8, 4) is 0 Å². The monoisotopic (exact) mass is 411 g/mol. The average molecular weight is 412 g/mol. The van der Waals surface area contributed by atoms with E-state index in [-0.39, 0.29) is 16.9 Å². The SMILES string of the molecule is Cc1ccccc1CN(c1ccc(F)cc1)S(=O)(=O)c1ccc(C(C)(C)C)cc1. The van der Waals surface area contributed by atoms with E-state index in [9.17, 15) is 12.8 Å². The van der Waals surface area contributed by atoms with Gasteiger partial charge in [0, 0.05) is 0 Å². The Bertz CT molecular complexity index is 1080. The molecule has 0 aliphatic rings. The van der Waals surface area contributed by atoms with E-state index in [1.165, 1.54) is 28.6 Å². The van der Waals surface area contributed by atoms with Gasteiger partial charge in [-0.1, -0.05) is 57.2 Å². The van der Waals surface area contributed by atoms with Crippen molar-refractivity contribution in [1.82, 2.24) is 0 Å². The third-order valence-corrected chi connectivity index (χ3v) is 6.79. The molecule has 0 saturated heterocycles. The van der Waals surface area contributed by atoms with Crippen LogP contribution in [0.5, 0.6) is 0 Å². The first-order valence-corrected chi connectivity index (χ1v) is 11.0. The van der Waals surface area contributed by atoms with Crippen molar-refractivity contribution in [3.05, 3.63) is 95.3 Å². The molecule has 3 aromatic rings. The van der Waals surface area contributed by atoms with Crippen LogP contribution in [0.4, 0.5) is 10.1 Å². The summed E-state index contributed by atoms with van der Waals surface area (Å²) < 4.78 is 41.8. The molecule has 0 aromatic heterocycles. The quantitative estimate of drug-likeness (QED) is 0.530. The number of benzene rings is 3. The molecule has 0 bridgehead atoms. The van der Waals surface area contributed by atoms with Gasteiger partial charge in [-0.05, 0) is 65.4 Å². The second-order valence-electron chi connectivity index (χ2n) is 8.19. The van der Waals surface area contributed by atoms with E-state index in [1.807, 2.05) is 43.3 Å². The van der Waals surface area contributed by atoms with Crippen LogP contribution in [0.15, 0.2) is 77.7 Å². The van der Waals surface area contributed by atoms with E-state index in [1.54, 1.807) is 12.1 Å². The molecule has 0 heterocycles. The maximum absolute atomic E-state index is 13.5. The number of rotatable bonds is 5. The second kappa shape index (κ2) is 7.99. The van der Waals surface area contributed by atoms with Crippen molar-refractivity contribution in [2.24, 2.45) is 0 Å². The number of aryl methyl sites for hydroxylation is 1. The lowest BCUT2D eigenvalue weighted by atomic mass is 9.87. The minimum atomic E-state index is -3.83. The van der Waals surface area contributed by atoms with Crippen LogP contribution in [0.1, 0.15) is 37.5 Å². The molecule has 3 aromatic carbocycles. The van der Waals surface area contributed by atoms with Gasteiger partial charge in [0.25, 0.3) is 10.0 Å². The lowest BCUT2D eigenvalue weighted by Gasteiger charge is -2.26. The molecule has 3 rings (SSSR count). The summed E-state index contributed by atoms with van der Waals surface area (Å²) in [5.74, 6) is -0.406. The van der Waals surface area contributed by atoms with Crippen molar-refractivity contribution in [3.63, 3.8) is 0 Å². The van der Waals surface area contributed by atoms with Crippen LogP contribution in [0.3, 0.4) is 0 Å². The molecule has 0 aliphatic carbocycles. The zero-order valence-electron chi connectivity index (χ0n) is 17.2. The maximum Gasteiger partial charge on any atom is 0.264 e. The fraction of sp³-hybridized carbons (Fsp3) is 0.250. The molecule has 0 amide bonds. The van der Waals surface area contributed by atoms with Gasteiger partial charge < -0.3 is 0 Å². The Morgan fingerprint density at radius 3 is 2.00 bits per heavy atom. The molecule has 0 atom stereocenters. The fourth-order valence-corrected chi connectivity index (χ4v) is 4.56. The summed E-state index contributed by atoms with van der Waals surface area (Å²) in [6.45, 7) is 8.36. The highest BCUT2D eigenvalue weighted by molar-refractivity contribution is 7.92. The van der Waals surface area contributed by atoms with Crippen molar-refractivity contribution in [2.45, 2.75) is 44.6 Å². The van der Waals surface area contributed by atoms with Crippen LogP contribution in [0.2, 0.25) is 0 Å². The van der Waals surface area contributed by atoms with E-state index in [4.69, 9.17) is 0 Å². The van der Waals surface area contributed by atoms with Crippen LogP contribution in [0.25, 0.3) is 0 Å². The molecule has 0 aliphatic heterocycles. The van der Waals surface area contributed by atoms with E-state index >= 15 is 0 Å². The molecule has 5 heteroatoms. The zero-order valence-corrected chi connectivity index (χ0v) is 18.0. The summed E-state index contributed by atoms with van der Waals surface area (Å²) in [4.78, 5) is 0.211. The molecule has 29 heavy (non-hydrogen) atoms. The zero-order chi connectivity index (χ0) is 21.2. The topological polar surface area (TPSA) is 37.4 Å². The highest BCUT2D eigenvalue weighted by Gasteiger charge is 2.26. The first-order chi connectivity index (χ1) is 13.6. The van der Waals surface area contributed by atoms with Crippen LogP contribution < -0.4 is 4.31 Å². The van der Waals surface area contributed by atoms with Gasteiger partial charge in [-0.2, -0.15) is 0 Å². The Morgan fingerprint density at radius 1 is 0.862 bits per heavy atom. The second-order valence-corrected chi connectivity index (χ2v) is 10.1. The largest absolute Gasteiger partial charge is 0.264 e. The summed E-state index contributed by atoms with van der Waals surface area (Å²) >= 11 is 0. The summed E-state index contributed by atoms with van der Waals surface area (Å²) in [7, 11) is -3.83. The van der Waals surface area contributed by atoms with Gasteiger partial charge in [-0.3, -0.25) is 4.31 Å². The third kappa shape index (κ3) is 4.67. The Labute approximate surface area is 172 Å². The molecule has 3 nitrogen and oxygen atoms in total. The van der Waals surface area contributed by atoms with Gasteiger partial charge in [0.1, 0.15) is 5.82 Å². The fourth-order valence-electron chi connectivity index (χ4n) is 3.12. The van der Waals surface area contributed by atoms with Gasteiger partial charge in [0.2, 0.25) is 0 Å². The van der Waals surface area contributed by atoms with Crippen molar-refractivity contribution >= 4 is 15.7 Å². The predicted octanol–water partition coefficient (Wildman–Crippen LogP) is 5.83. The standard InChI is InChI=1S/C24H26FNO2S/c1-18-7-5-6-8-19(18)17-26(22-13-11-21(25)12-14-22)29(27,28)23-15-9-20(10-16-23)24(2,3)4/h5-16H,17H2,1-4H3. The minimum Gasteiger partial charge on any atom is -0.262 e. The van der Waals surface area contributed by atoms with Gasteiger partial charge in [0.15, 0.2) is 0 Å².